The molecular formula is C19H21ClN2O3S. The van der Waals surface area contributed by atoms with Crippen molar-refractivity contribution in [3.05, 3.63) is 53.3 Å². The fraction of sp³-hybridized carbons (Fsp3) is 0.368. The average Bonchev–Trinajstić information content (AvgIpc) is 3.23. The molecule has 0 aliphatic rings. The molecular weight excluding hydrogens is 372 g/mol. The lowest BCUT2D eigenvalue weighted by molar-refractivity contribution is 0.330. The van der Waals surface area contributed by atoms with Gasteiger partial charge in [-0.1, -0.05) is 37.5 Å². The van der Waals surface area contributed by atoms with Crippen LogP contribution in [-0.2, 0) is 21.3 Å². The molecule has 3 aromatic rings. The van der Waals surface area contributed by atoms with Crippen LogP contribution < -0.4 is 0 Å². The summed E-state index contributed by atoms with van der Waals surface area (Å²) in [7, 11) is 0. The lowest BCUT2D eigenvalue weighted by Gasteiger charge is -2.25. The second-order valence-electron chi connectivity index (χ2n) is 7.60. The quantitative estimate of drug-likeness (QED) is 0.561. The summed E-state index contributed by atoms with van der Waals surface area (Å²) in [5.74, 6) is 1.14. The fourth-order valence-electron chi connectivity index (χ4n) is 2.35. The largest absolute Gasteiger partial charge is 0.611 e. The highest BCUT2D eigenvalue weighted by atomic mass is 35.5. The molecule has 0 saturated carbocycles. The van der Waals surface area contributed by atoms with Crippen molar-refractivity contribution in [2.75, 3.05) is 0 Å². The van der Waals surface area contributed by atoms with E-state index in [1.165, 1.54) is 6.26 Å². The summed E-state index contributed by atoms with van der Waals surface area (Å²) in [6.07, 6.45) is 1.51. The summed E-state index contributed by atoms with van der Waals surface area (Å²) in [6, 6.07) is 8.78. The molecule has 0 aliphatic carbocycles. The molecule has 0 fully saturated rings. The lowest BCUT2D eigenvalue weighted by atomic mass is 9.93. The first-order valence-electron chi connectivity index (χ1n) is 8.20. The summed E-state index contributed by atoms with van der Waals surface area (Å²) in [6.45, 7) is 9.80. The van der Waals surface area contributed by atoms with Gasteiger partial charge in [0, 0.05) is 27.7 Å². The molecule has 2 heterocycles. The molecule has 1 unspecified atom stereocenters. The molecule has 0 spiro atoms. The van der Waals surface area contributed by atoms with Gasteiger partial charge >= 0.3 is 0 Å². The van der Waals surface area contributed by atoms with Gasteiger partial charge in [-0.05, 0) is 38.1 Å². The molecule has 138 valence electrons. The molecule has 2 aromatic heterocycles. The summed E-state index contributed by atoms with van der Waals surface area (Å²) < 4.78 is 23.2. The maximum absolute atomic E-state index is 13.0. The minimum absolute atomic E-state index is 0.146. The molecule has 1 aromatic carbocycles. The van der Waals surface area contributed by atoms with E-state index in [9.17, 15) is 4.55 Å². The molecule has 1 atom stereocenters. The molecule has 26 heavy (non-hydrogen) atoms. The summed E-state index contributed by atoms with van der Waals surface area (Å²) >= 11 is 4.54. The van der Waals surface area contributed by atoms with Gasteiger partial charge in [0.1, 0.15) is 23.4 Å². The Morgan fingerprint density at radius 1 is 1.04 bits per heavy atom. The Balaban J connectivity index is 1.88. The van der Waals surface area contributed by atoms with Crippen LogP contribution in [0, 0.1) is 0 Å². The molecule has 3 rings (SSSR count). The summed E-state index contributed by atoms with van der Waals surface area (Å²) in [4.78, 5) is 5.17. The highest BCUT2D eigenvalue weighted by Gasteiger charge is 2.41. The van der Waals surface area contributed by atoms with Gasteiger partial charge in [0.05, 0.1) is 0 Å². The van der Waals surface area contributed by atoms with E-state index in [1.54, 1.807) is 24.3 Å². The Hall–Kier alpha value is -1.76. The number of aromatic nitrogens is 2. The SMILES string of the molecule is CC(C)(C)c1cc(-c2coc(C(C)(C)[S+]([O-])c3ccc(Cl)cc3)n2)no1. The van der Waals surface area contributed by atoms with Crippen LogP contribution in [0.3, 0.4) is 0 Å². The number of hydrogen-bond acceptors (Lipinski definition) is 5. The zero-order valence-electron chi connectivity index (χ0n) is 15.4. The number of rotatable bonds is 4. The van der Waals surface area contributed by atoms with E-state index in [0.717, 1.165) is 5.76 Å². The number of benzene rings is 1. The van der Waals surface area contributed by atoms with Crippen LogP contribution >= 0.6 is 11.6 Å². The van der Waals surface area contributed by atoms with E-state index in [1.807, 2.05) is 40.7 Å². The Morgan fingerprint density at radius 3 is 2.27 bits per heavy atom. The van der Waals surface area contributed by atoms with Crippen molar-refractivity contribution >= 4 is 22.8 Å². The van der Waals surface area contributed by atoms with Crippen LogP contribution in [0.4, 0.5) is 0 Å². The van der Waals surface area contributed by atoms with Crippen molar-refractivity contribution in [1.82, 2.24) is 10.1 Å². The average molecular weight is 393 g/mol. The summed E-state index contributed by atoms with van der Waals surface area (Å²) in [5, 5.41) is 4.67. The van der Waals surface area contributed by atoms with Crippen LogP contribution in [0.15, 0.2) is 50.4 Å². The predicted octanol–water partition coefficient (Wildman–Crippen LogP) is 5.32. The molecule has 0 radical (unpaired) electrons. The van der Waals surface area contributed by atoms with Crippen molar-refractivity contribution in [1.29, 1.82) is 0 Å². The van der Waals surface area contributed by atoms with Gasteiger partial charge in [-0.3, -0.25) is 0 Å². The Kier molecular flexibility index (Phi) is 4.94. The Labute approximate surface area is 160 Å². The normalized spacial score (nSPS) is 13.8. The second-order valence-corrected chi connectivity index (χ2v) is 10.1. The van der Waals surface area contributed by atoms with Crippen molar-refractivity contribution in [3.8, 4) is 11.4 Å². The van der Waals surface area contributed by atoms with Gasteiger partial charge in [-0.2, -0.15) is 0 Å². The third-order valence-corrected chi connectivity index (χ3v) is 6.08. The number of oxazole rings is 1. The van der Waals surface area contributed by atoms with Gasteiger partial charge < -0.3 is 13.5 Å². The number of hydrogen-bond donors (Lipinski definition) is 0. The predicted molar refractivity (Wildman–Crippen MR) is 102 cm³/mol. The number of halogens is 1. The standard InChI is InChI=1S/C19H21ClN2O3S/c1-18(2,3)16-10-14(22-25-16)15-11-24-17(21-15)19(4,5)26(23)13-8-6-12(20)7-9-13/h6-11H,1-5H3. The van der Waals surface area contributed by atoms with E-state index in [0.29, 0.717) is 27.2 Å². The molecule has 0 aliphatic heterocycles. The maximum Gasteiger partial charge on any atom is 0.251 e. The first-order valence-corrected chi connectivity index (χ1v) is 9.73. The van der Waals surface area contributed by atoms with Crippen molar-refractivity contribution in [3.63, 3.8) is 0 Å². The Morgan fingerprint density at radius 2 is 1.69 bits per heavy atom. The van der Waals surface area contributed by atoms with Gasteiger partial charge in [0.15, 0.2) is 9.64 Å². The van der Waals surface area contributed by atoms with E-state index in [-0.39, 0.29) is 5.41 Å². The molecule has 7 heteroatoms. The van der Waals surface area contributed by atoms with Crippen LogP contribution in [0.1, 0.15) is 46.3 Å². The third-order valence-electron chi connectivity index (χ3n) is 4.02. The van der Waals surface area contributed by atoms with Crippen molar-refractivity contribution < 1.29 is 13.5 Å². The van der Waals surface area contributed by atoms with Crippen molar-refractivity contribution in [2.45, 2.75) is 49.7 Å². The monoisotopic (exact) mass is 392 g/mol. The Bertz CT molecular complexity index is 894. The second kappa shape index (κ2) is 6.76. The molecule has 0 amide bonds. The van der Waals surface area contributed by atoms with Gasteiger partial charge in [0.25, 0.3) is 5.89 Å². The van der Waals surface area contributed by atoms with E-state index >= 15 is 0 Å². The first kappa shape index (κ1) is 19.0. The topological polar surface area (TPSA) is 75.1 Å². The van der Waals surface area contributed by atoms with Crippen LogP contribution in [0.2, 0.25) is 5.02 Å². The van der Waals surface area contributed by atoms with Crippen LogP contribution in [-0.4, -0.2) is 14.7 Å². The summed E-state index contributed by atoms with van der Waals surface area (Å²) in [5.41, 5.74) is 1.01. The van der Waals surface area contributed by atoms with Crippen LogP contribution in [0.25, 0.3) is 11.4 Å². The maximum atomic E-state index is 13.0. The van der Waals surface area contributed by atoms with Gasteiger partial charge in [0.2, 0.25) is 0 Å². The highest BCUT2D eigenvalue weighted by Crippen LogP contribution is 2.36. The van der Waals surface area contributed by atoms with E-state index in [2.05, 4.69) is 10.1 Å². The molecule has 0 bridgehead atoms. The highest BCUT2D eigenvalue weighted by molar-refractivity contribution is 7.92. The molecule has 5 nitrogen and oxygen atoms in total. The molecule has 0 saturated heterocycles. The number of nitrogens with zero attached hydrogens (tertiary/aromatic N) is 2. The first-order chi connectivity index (χ1) is 12.1. The third kappa shape index (κ3) is 3.68. The molecule has 0 N–H and O–H groups in total. The zero-order chi connectivity index (χ0) is 19.1. The minimum Gasteiger partial charge on any atom is -0.611 e. The van der Waals surface area contributed by atoms with E-state index < -0.39 is 15.9 Å². The van der Waals surface area contributed by atoms with Gasteiger partial charge in [-0.25, -0.2) is 4.98 Å². The zero-order valence-corrected chi connectivity index (χ0v) is 16.9. The fourth-order valence-corrected chi connectivity index (χ4v) is 3.70. The van der Waals surface area contributed by atoms with Gasteiger partial charge in [-0.15, -0.1) is 0 Å². The van der Waals surface area contributed by atoms with E-state index in [4.69, 9.17) is 20.5 Å². The minimum atomic E-state index is -1.36. The lowest BCUT2D eigenvalue weighted by Crippen LogP contribution is -2.29. The smallest absolute Gasteiger partial charge is 0.251 e. The van der Waals surface area contributed by atoms with Crippen LogP contribution in [0.5, 0.6) is 0 Å². The van der Waals surface area contributed by atoms with Crippen molar-refractivity contribution in [2.24, 2.45) is 0 Å².